The van der Waals surface area contributed by atoms with Crippen molar-refractivity contribution in [1.82, 2.24) is 4.90 Å². The van der Waals surface area contributed by atoms with Gasteiger partial charge in [0, 0.05) is 19.0 Å². The summed E-state index contributed by atoms with van der Waals surface area (Å²) in [6.07, 6.45) is 0. The van der Waals surface area contributed by atoms with Crippen LogP contribution < -0.4 is 5.32 Å². The molecule has 0 spiro atoms. The molecule has 0 aliphatic heterocycles. The Balaban J connectivity index is 2.95. The van der Waals surface area contributed by atoms with E-state index in [1.807, 2.05) is 0 Å². The molecule has 7 heteroatoms. The van der Waals surface area contributed by atoms with Crippen molar-refractivity contribution in [2.45, 2.75) is 13.8 Å². The van der Waals surface area contributed by atoms with E-state index in [-0.39, 0.29) is 17.4 Å². The summed E-state index contributed by atoms with van der Waals surface area (Å²) in [5.41, 5.74) is -0.821. The molecule has 0 radical (unpaired) electrons. The van der Waals surface area contributed by atoms with Gasteiger partial charge in [-0.25, -0.2) is 13.6 Å². The van der Waals surface area contributed by atoms with E-state index >= 15 is 0 Å². The van der Waals surface area contributed by atoms with E-state index < -0.39 is 23.2 Å². The second kappa shape index (κ2) is 6.10. The number of carbonyl (C=O) groups is 1. The summed E-state index contributed by atoms with van der Waals surface area (Å²) in [4.78, 5) is 12.8. The Labute approximate surface area is 115 Å². The number of nitriles is 1. The minimum atomic E-state index is -0.925. The van der Waals surface area contributed by atoms with Crippen LogP contribution >= 0.6 is 0 Å². The van der Waals surface area contributed by atoms with E-state index in [0.29, 0.717) is 6.07 Å². The maximum absolute atomic E-state index is 13.6. The predicted molar refractivity (Wildman–Crippen MR) is 70.4 cm³/mol. The van der Waals surface area contributed by atoms with Gasteiger partial charge in [-0.2, -0.15) is 5.26 Å². The lowest BCUT2D eigenvalue weighted by atomic mass is 10.2. The number of amides is 2. The van der Waals surface area contributed by atoms with Crippen molar-refractivity contribution in [3.8, 4) is 6.07 Å². The summed E-state index contributed by atoms with van der Waals surface area (Å²) in [6.45, 7) is 3.46. The Morgan fingerprint density at radius 2 is 2.00 bits per heavy atom. The monoisotopic (exact) mass is 280 g/mol. The fraction of sp³-hybridized carbons (Fsp3) is 0.308. The number of nitrogens with zero attached hydrogens (tertiary/aromatic N) is 2. The molecule has 1 aromatic rings. The molecule has 0 bridgehead atoms. The van der Waals surface area contributed by atoms with E-state index in [9.17, 15) is 13.6 Å². The Kier molecular flexibility index (Phi) is 4.75. The van der Waals surface area contributed by atoms with Gasteiger partial charge in [0.2, 0.25) is 0 Å². The molecule has 2 N–H and O–H groups in total. The number of nitrogens with one attached hydrogen (secondary N) is 2. The molecule has 0 fully saturated rings. The van der Waals surface area contributed by atoms with E-state index in [4.69, 9.17) is 10.7 Å². The van der Waals surface area contributed by atoms with Crippen LogP contribution in [0.25, 0.3) is 0 Å². The van der Waals surface area contributed by atoms with Crippen molar-refractivity contribution in [3.63, 3.8) is 0 Å². The highest BCUT2D eigenvalue weighted by molar-refractivity contribution is 6.02. The molecule has 106 valence electrons. The number of hydrogen-bond acceptors (Lipinski definition) is 3. The smallest absolute Gasteiger partial charge is 0.305 e. The van der Waals surface area contributed by atoms with Crippen LogP contribution in [0.5, 0.6) is 0 Å². The minimum absolute atomic E-state index is 0.0389. The molecule has 0 saturated heterocycles. The van der Waals surface area contributed by atoms with Gasteiger partial charge in [0.15, 0.2) is 0 Å². The topological polar surface area (TPSA) is 80.0 Å². The molecule has 1 aromatic carbocycles. The van der Waals surface area contributed by atoms with Gasteiger partial charge in [0.05, 0.1) is 11.3 Å². The van der Waals surface area contributed by atoms with Crippen LogP contribution in [0.2, 0.25) is 0 Å². The Hall–Kier alpha value is -2.49. The third-order valence-corrected chi connectivity index (χ3v) is 2.63. The van der Waals surface area contributed by atoms with Crippen LogP contribution in [0.1, 0.15) is 19.4 Å². The lowest BCUT2D eigenvalue weighted by Gasteiger charge is -2.21. The zero-order valence-corrected chi connectivity index (χ0v) is 11.3. The van der Waals surface area contributed by atoms with Crippen molar-refractivity contribution < 1.29 is 13.6 Å². The van der Waals surface area contributed by atoms with E-state index in [1.165, 1.54) is 13.1 Å². The number of amidine groups is 1. The molecule has 0 saturated carbocycles. The van der Waals surface area contributed by atoms with Gasteiger partial charge in [-0.1, -0.05) is 13.8 Å². The normalized spacial score (nSPS) is 10.1. The number of carbonyl (C=O) groups excluding carboxylic acids is 1. The third kappa shape index (κ3) is 3.29. The van der Waals surface area contributed by atoms with E-state index in [0.717, 1.165) is 11.0 Å². The van der Waals surface area contributed by atoms with E-state index in [1.54, 1.807) is 13.8 Å². The average Bonchev–Trinajstić information content (AvgIpc) is 2.40. The quantitative estimate of drug-likeness (QED) is 0.645. The number of halogens is 2. The van der Waals surface area contributed by atoms with Gasteiger partial charge in [0.1, 0.15) is 23.5 Å². The second-order valence-corrected chi connectivity index (χ2v) is 4.45. The lowest BCUT2D eigenvalue weighted by Crippen LogP contribution is -2.38. The van der Waals surface area contributed by atoms with Crippen LogP contribution in [0.3, 0.4) is 0 Å². The second-order valence-electron chi connectivity index (χ2n) is 4.45. The van der Waals surface area contributed by atoms with Crippen LogP contribution in [0.15, 0.2) is 12.1 Å². The largest absolute Gasteiger partial charge is 0.327 e. The summed E-state index contributed by atoms with van der Waals surface area (Å²) >= 11 is 0. The molecule has 5 nitrogen and oxygen atoms in total. The van der Waals surface area contributed by atoms with Crippen molar-refractivity contribution in [1.29, 1.82) is 10.7 Å². The highest BCUT2D eigenvalue weighted by Gasteiger charge is 2.18. The van der Waals surface area contributed by atoms with Gasteiger partial charge in [0.25, 0.3) is 0 Å². The summed E-state index contributed by atoms with van der Waals surface area (Å²) < 4.78 is 27.0. The molecular formula is C13H14F2N4O. The molecule has 0 aliphatic rings. The summed E-state index contributed by atoms with van der Waals surface area (Å²) in [7, 11) is 1.36. The average molecular weight is 280 g/mol. The predicted octanol–water partition coefficient (Wildman–Crippen LogP) is 2.93. The van der Waals surface area contributed by atoms with Crippen molar-refractivity contribution >= 4 is 17.6 Å². The summed E-state index contributed by atoms with van der Waals surface area (Å²) in [5, 5.41) is 18.4. The molecular weight excluding hydrogens is 266 g/mol. The fourth-order valence-corrected chi connectivity index (χ4v) is 1.42. The van der Waals surface area contributed by atoms with Crippen LogP contribution in [0, 0.1) is 34.3 Å². The maximum Gasteiger partial charge on any atom is 0.327 e. The zero-order chi connectivity index (χ0) is 15.4. The molecule has 0 aliphatic carbocycles. The highest BCUT2D eigenvalue weighted by atomic mass is 19.1. The third-order valence-electron chi connectivity index (χ3n) is 2.63. The number of rotatable bonds is 2. The van der Waals surface area contributed by atoms with Crippen molar-refractivity contribution in [2.75, 3.05) is 12.4 Å². The van der Waals surface area contributed by atoms with E-state index in [2.05, 4.69) is 5.32 Å². The molecule has 0 unspecified atom stereocenters. The van der Waals surface area contributed by atoms with Crippen LogP contribution in [-0.2, 0) is 0 Å². The van der Waals surface area contributed by atoms with Crippen molar-refractivity contribution in [2.24, 2.45) is 5.92 Å². The Bertz CT molecular complexity index is 593. The maximum atomic E-state index is 13.6. The molecule has 1 rings (SSSR count). The van der Waals surface area contributed by atoms with Gasteiger partial charge < -0.3 is 5.32 Å². The number of benzene rings is 1. The standard InChI is InChI=1S/C13H14F2N4O/c1-7(2)12(17)19(3)13(20)18-11-5-9(14)8(6-16)4-10(11)15/h4-5,7,17H,1-3H3,(H,18,20). The Morgan fingerprint density at radius 3 is 2.50 bits per heavy atom. The minimum Gasteiger partial charge on any atom is -0.305 e. The van der Waals surface area contributed by atoms with Gasteiger partial charge in [-0.3, -0.25) is 10.3 Å². The molecule has 20 heavy (non-hydrogen) atoms. The van der Waals surface area contributed by atoms with Gasteiger partial charge in [-0.05, 0) is 6.07 Å². The van der Waals surface area contributed by atoms with Crippen LogP contribution in [0.4, 0.5) is 19.3 Å². The first-order valence-electron chi connectivity index (χ1n) is 5.80. The number of anilines is 1. The lowest BCUT2D eigenvalue weighted by molar-refractivity contribution is 0.237. The molecule has 2 amide bonds. The van der Waals surface area contributed by atoms with Gasteiger partial charge in [-0.15, -0.1) is 0 Å². The highest BCUT2D eigenvalue weighted by Crippen LogP contribution is 2.19. The first kappa shape index (κ1) is 15.6. The number of urea groups is 1. The fourth-order valence-electron chi connectivity index (χ4n) is 1.42. The zero-order valence-electron chi connectivity index (χ0n) is 11.3. The summed E-state index contributed by atoms with van der Waals surface area (Å²) in [6, 6.07) is 2.18. The molecule has 0 heterocycles. The SMILES string of the molecule is CC(C)C(=N)N(C)C(=O)Nc1cc(F)c(C#N)cc1F. The van der Waals surface area contributed by atoms with Crippen molar-refractivity contribution in [3.05, 3.63) is 29.3 Å². The summed E-state index contributed by atoms with van der Waals surface area (Å²) in [5.74, 6) is -1.99. The molecule has 0 atom stereocenters. The first-order chi connectivity index (χ1) is 9.27. The van der Waals surface area contributed by atoms with Gasteiger partial charge >= 0.3 is 6.03 Å². The Morgan fingerprint density at radius 1 is 1.40 bits per heavy atom. The number of hydrogen-bond donors (Lipinski definition) is 2. The first-order valence-corrected chi connectivity index (χ1v) is 5.80. The van der Waals surface area contributed by atoms with Crippen LogP contribution in [-0.4, -0.2) is 23.8 Å². The molecule has 0 aromatic heterocycles.